The second-order valence-electron chi connectivity index (χ2n) is 5.80. The van der Waals surface area contributed by atoms with Gasteiger partial charge in [-0.1, -0.05) is 37.0 Å². The van der Waals surface area contributed by atoms with Gasteiger partial charge in [-0.15, -0.1) is 0 Å². The molecule has 152 valence electrons. The van der Waals surface area contributed by atoms with E-state index in [1.807, 2.05) is 0 Å². The Kier molecular flexibility index (Phi) is 7.71. The first-order valence-electron chi connectivity index (χ1n) is 8.77. The summed E-state index contributed by atoms with van der Waals surface area (Å²) in [5, 5.41) is 3.33. The number of rotatable bonds is 8. The second kappa shape index (κ2) is 9.60. The second-order valence-corrected chi connectivity index (χ2v) is 8.58. The standard InChI is InChI=1S/C19H22Cl2N2O4S/c1-4-23(5-2)28(25,26)18-12-16(7-8-17(18)27-6-3)22-19(24)13-9-14(20)11-15(21)10-13/h7-12H,4-6H2,1-3H3,(H,22,24). The van der Waals surface area contributed by atoms with Crippen molar-refractivity contribution in [1.82, 2.24) is 4.31 Å². The Morgan fingerprint density at radius 3 is 2.18 bits per heavy atom. The van der Waals surface area contributed by atoms with Crippen molar-refractivity contribution in [3.8, 4) is 5.75 Å². The predicted molar refractivity (Wildman–Crippen MR) is 112 cm³/mol. The lowest BCUT2D eigenvalue weighted by atomic mass is 10.2. The lowest BCUT2D eigenvalue weighted by Crippen LogP contribution is -2.31. The Morgan fingerprint density at radius 1 is 1.04 bits per heavy atom. The number of amides is 1. The molecule has 0 saturated heterocycles. The fourth-order valence-electron chi connectivity index (χ4n) is 2.65. The molecule has 0 saturated carbocycles. The zero-order valence-electron chi connectivity index (χ0n) is 15.8. The van der Waals surface area contributed by atoms with Gasteiger partial charge in [-0.05, 0) is 43.3 Å². The average molecular weight is 445 g/mol. The molecule has 28 heavy (non-hydrogen) atoms. The van der Waals surface area contributed by atoms with Gasteiger partial charge >= 0.3 is 0 Å². The number of hydrogen-bond acceptors (Lipinski definition) is 4. The Balaban J connectivity index is 2.43. The monoisotopic (exact) mass is 444 g/mol. The van der Waals surface area contributed by atoms with Crippen LogP contribution in [0.4, 0.5) is 5.69 Å². The summed E-state index contributed by atoms with van der Waals surface area (Å²) in [6.45, 7) is 6.25. The number of ether oxygens (including phenoxy) is 1. The minimum Gasteiger partial charge on any atom is -0.492 e. The van der Waals surface area contributed by atoms with Crippen molar-refractivity contribution < 1.29 is 17.9 Å². The highest BCUT2D eigenvalue weighted by atomic mass is 35.5. The van der Waals surface area contributed by atoms with E-state index >= 15 is 0 Å². The third-order valence-electron chi connectivity index (χ3n) is 3.95. The van der Waals surface area contributed by atoms with Gasteiger partial charge in [0.25, 0.3) is 5.91 Å². The van der Waals surface area contributed by atoms with E-state index in [0.717, 1.165) is 0 Å². The number of benzene rings is 2. The van der Waals surface area contributed by atoms with Crippen LogP contribution in [-0.2, 0) is 10.0 Å². The molecule has 0 atom stereocenters. The average Bonchev–Trinajstić information content (AvgIpc) is 2.63. The molecular weight excluding hydrogens is 423 g/mol. The van der Waals surface area contributed by atoms with Crippen LogP contribution in [0, 0.1) is 0 Å². The summed E-state index contributed by atoms with van der Waals surface area (Å²) in [4.78, 5) is 12.5. The van der Waals surface area contributed by atoms with Crippen molar-refractivity contribution in [3.05, 3.63) is 52.0 Å². The topological polar surface area (TPSA) is 75.7 Å². The van der Waals surface area contributed by atoms with Crippen LogP contribution in [-0.4, -0.2) is 38.3 Å². The predicted octanol–water partition coefficient (Wildman–Crippen LogP) is 4.67. The van der Waals surface area contributed by atoms with Crippen LogP contribution in [0.1, 0.15) is 31.1 Å². The van der Waals surface area contributed by atoms with Gasteiger partial charge in [0.05, 0.1) is 6.61 Å². The molecule has 0 radical (unpaired) electrons. The first-order chi connectivity index (χ1) is 13.2. The summed E-state index contributed by atoms with van der Waals surface area (Å²) in [7, 11) is -3.78. The first kappa shape index (κ1) is 22.5. The SMILES string of the molecule is CCOc1ccc(NC(=O)c2cc(Cl)cc(Cl)c2)cc1S(=O)(=O)N(CC)CC. The van der Waals surface area contributed by atoms with E-state index in [2.05, 4.69) is 5.32 Å². The summed E-state index contributed by atoms with van der Waals surface area (Å²) in [5.74, 6) is -0.224. The minimum absolute atomic E-state index is 0.0000218. The number of nitrogens with one attached hydrogen (secondary N) is 1. The van der Waals surface area contributed by atoms with E-state index in [1.165, 1.54) is 34.6 Å². The van der Waals surface area contributed by atoms with E-state index < -0.39 is 15.9 Å². The number of anilines is 1. The number of carbonyl (C=O) groups excluding carboxylic acids is 1. The van der Waals surface area contributed by atoms with E-state index in [0.29, 0.717) is 35.4 Å². The molecule has 0 aromatic heterocycles. The van der Waals surface area contributed by atoms with Gasteiger partial charge in [-0.2, -0.15) is 4.31 Å². The number of nitrogens with zero attached hydrogens (tertiary/aromatic N) is 1. The van der Waals surface area contributed by atoms with Crippen LogP contribution in [0.25, 0.3) is 0 Å². The molecule has 0 fully saturated rings. The smallest absolute Gasteiger partial charge is 0.255 e. The van der Waals surface area contributed by atoms with Gasteiger partial charge in [-0.3, -0.25) is 4.79 Å². The van der Waals surface area contributed by atoms with Gasteiger partial charge in [0, 0.05) is 34.4 Å². The van der Waals surface area contributed by atoms with Gasteiger partial charge < -0.3 is 10.1 Å². The minimum atomic E-state index is -3.78. The third-order valence-corrected chi connectivity index (χ3v) is 6.46. The van der Waals surface area contributed by atoms with E-state index in [4.69, 9.17) is 27.9 Å². The van der Waals surface area contributed by atoms with Crippen LogP contribution in [0.5, 0.6) is 5.75 Å². The zero-order valence-corrected chi connectivity index (χ0v) is 18.2. The molecule has 1 N–H and O–H groups in total. The van der Waals surface area contributed by atoms with Crippen molar-refractivity contribution in [3.63, 3.8) is 0 Å². The van der Waals surface area contributed by atoms with Gasteiger partial charge in [0.2, 0.25) is 10.0 Å². The molecule has 0 unspecified atom stereocenters. The van der Waals surface area contributed by atoms with Crippen molar-refractivity contribution in [2.45, 2.75) is 25.7 Å². The highest BCUT2D eigenvalue weighted by Crippen LogP contribution is 2.30. The normalized spacial score (nSPS) is 11.5. The third kappa shape index (κ3) is 5.17. The summed E-state index contributed by atoms with van der Waals surface area (Å²) in [6, 6.07) is 8.97. The summed E-state index contributed by atoms with van der Waals surface area (Å²) in [5.41, 5.74) is 0.579. The summed E-state index contributed by atoms with van der Waals surface area (Å²) < 4.78 is 32.8. The lowest BCUT2D eigenvalue weighted by Gasteiger charge is -2.21. The molecule has 2 aromatic carbocycles. The van der Waals surface area contributed by atoms with Crippen molar-refractivity contribution >= 4 is 44.8 Å². The van der Waals surface area contributed by atoms with Crippen LogP contribution < -0.4 is 10.1 Å². The molecule has 1 amide bonds. The maximum Gasteiger partial charge on any atom is 0.255 e. The van der Waals surface area contributed by atoms with Crippen molar-refractivity contribution in [1.29, 1.82) is 0 Å². The fraction of sp³-hybridized carbons (Fsp3) is 0.316. The molecule has 0 aliphatic carbocycles. The summed E-state index contributed by atoms with van der Waals surface area (Å²) in [6.07, 6.45) is 0. The van der Waals surface area contributed by atoms with Crippen LogP contribution in [0.15, 0.2) is 41.3 Å². The van der Waals surface area contributed by atoms with Gasteiger partial charge in [0.1, 0.15) is 10.6 Å². The largest absolute Gasteiger partial charge is 0.492 e. The van der Waals surface area contributed by atoms with E-state index in [1.54, 1.807) is 26.8 Å². The molecule has 0 spiro atoms. The van der Waals surface area contributed by atoms with Crippen LogP contribution >= 0.6 is 23.2 Å². The number of carbonyl (C=O) groups is 1. The molecule has 2 rings (SSSR count). The number of halogens is 2. The van der Waals surface area contributed by atoms with Crippen molar-refractivity contribution in [2.75, 3.05) is 25.0 Å². The summed E-state index contributed by atoms with van der Waals surface area (Å²) >= 11 is 11.9. The highest BCUT2D eigenvalue weighted by Gasteiger charge is 2.26. The molecule has 0 bridgehead atoms. The zero-order chi connectivity index (χ0) is 20.9. The Morgan fingerprint density at radius 2 is 1.64 bits per heavy atom. The molecule has 2 aromatic rings. The molecule has 9 heteroatoms. The molecule has 0 heterocycles. The Bertz CT molecular complexity index is 940. The molecule has 0 aliphatic heterocycles. The van der Waals surface area contributed by atoms with Crippen LogP contribution in [0.3, 0.4) is 0 Å². The number of sulfonamides is 1. The van der Waals surface area contributed by atoms with Gasteiger partial charge in [-0.25, -0.2) is 8.42 Å². The quantitative estimate of drug-likeness (QED) is 0.641. The maximum atomic E-state index is 13.0. The number of hydrogen-bond donors (Lipinski definition) is 1. The highest BCUT2D eigenvalue weighted by molar-refractivity contribution is 7.89. The Labute approximate surface area is 175 Å². The van der Waals surface area contributed by atoms with Gasteiger partial charge in [0.15, 0.2) is 0 Å². The molecule has 6 nitrogen and oxygen atoms in total. The first-order valence-corrected chi connectivity index (χ1v) is 11.0. The van der Waals surface area contributed by atoms with E-state index in [-0.39, 0.29) is 16.2 Å². The fourth-order valence-corrected chi connectivity index (χ4v) is 4.79. The van der Waals surface area contributed by atoms with Crippen LogP contribution in [0.2, 0.25) is 10.0 Å². The Hall–Kier alpha value is -1.80. The lowest BCUT2D eigenvalue weighted by molar-refractivity contribution is 0.102. The van der Waals surface area contributed by atoms with E-state index in [9.17, 15) is 13.2 Å². The maximum absolute atomic E-state index is 13.0. The van der Waals surface area contributed by atoms with Crippen molar-refractivity contribution in [2.24, 2.45) is 0 Å². The molecule has 0 aliphatic rings. The molecular formula is C19H22Cl2N2O4S.